The number of hydrogen-bond donors (Lipinski definition) is 1. The molecule has 0 aromatic carbocycles. The van der Waals surface area contributed by atoms with Gasteiger partial charge in [-0.1, -0.05) is 12.3 Å². The highest BCUT2D eigenvalue weighted by Crippen LogP contribution is 2.47. The molecule has 66 valence electrons. The number of nitrogens with one attached hydrogen (secondary N) is 1. The number of rotatable bonds is 3. The first kappa shape index (κ1) is 8.13. The van der Waals surface area contributed by atoms with Gasteiger partial charge in [-0.15, -0.1) is 6.42 Å². The third-order valence-electron chi connectivity index (χ3n) is 3.52. The van der Waals surface area contributed by atoms with Crippen molar-refractivity contribution in [2.45, 2.75) is 25.7 Å². The van der Waals surface area contributed by atoms with Crippen LogP contribution in [0.15, 0.2) is 0 Å². The second-order valence-electron chi connectivity index (χ2n) is 4.27. The van der Waals surface area contributed by atoms with Gasteiger partial charge < -0.3 is 5.32 Å². The molecule has 0 aliphatic heterocycles. The molecule has 0 radical (unpaired) electrons. The van der Waals surface area contributed by atoms with Crippen molar-refractivity contribution in [2.75, 3.05) is 13.1 Å². The maximum absolute atomic E-state index is 5.18. The quantitative estimate of drug-likeness (QED) is 0.492. The zero-order chi connectivity index (χ0) is 8.39. The van der Waals surface area contributed by atoms with Gasteiger partial charge in [0.25, 0.3) is 0 Å². The summed E-state index contributed by atoms with van der Waals surface area (Å²) in [6.45, 7) is 1.90. The van der Waals surface area contributed by atoms with Crippen LogP contribution in [0.25, 0.3) is 0 Å². The van der Waals surface area contributed by atoms with E-state index in [1.54, 1.807) is 0 Å². The molecule has 0 aromatic rings. The van der Waals surface area contributed by atoms with Crippen molar-refractivity contribution in [2.24, 2.45) is 17.8 Å². The minimum Gasteiger partial charge on any atom is -0.306 e. The van der Waals surface area contributed by atoms with Crippen molar-refractivity contribution in [1.29, 1.82) is 0 Å². The first-order chi connectivity index (χ1) is 5.90. The van der Waals surface area contributed by atoms with Crippen LogP contribution in [-0.4, -0.2) is 13.1 Å². The van der Waals surface area contributed by atoms with Gasteiger partial charge >= 0.3 is 0 Å². The van der Waals surface area contributed by atoms with Gasteiger partial charge in [0.1, 0.15) is 0 Å². The van der Waals surface area contributed by atoms with Crippen LogP contribution in [0.5, 0.6) is 0 Å². The summed E-state index contributed by atoms with van der Waals surface area (Å²) in [5.41, 5.74) is 0. The number of fused-ring (bicyclic) bond motifs is 2. The van der Waals surface area contributed by atoms with Gasteiger partial charge in [0.05, 0.1) is 6.54 Å². The first-order valence-corrected chi connectivity index (χ1v) is 5.04. The molecule has 12 heavy (non-hydrogen) atoms. The van der Waals surface area contributed by atoms with E-state index >= 15 is 0 Å². The van der Waals surface area contributed by atoms with Crippen molar-refractivity contribution >= 4 is 0 Å². The molecule has 2 rings (SSSR count). The predicted molar refractivity (Wildman–Crippen MR) is 50.6 cm³/mol. The van der Waals surface area contributed by atoms with E-state index in [0.717, 1.165) is 30.8 Å². The summed E-state index contributed by atoms with van der Waals surface area (Å²) >= 11 is 0. The normalized spacial score (nSPS) is 38.4. The lowest BCUT2D eigenvalue weighted by atomic mass is 9.89. The molecule has 3 unspecified atom stereocenters. The summed E-state index contributed by atoms with van der Waals surface area (Å²) in [4.78, 5) is 0. The van der Waals surface area contributed by atoms with E-state index in [-0.39, 0.29) is 0 Å². The maximum Gasteiger partial charge on any atom is 0.0573 e. The van der Waals surface area contributed by atoms with E-state index in [4.69, 9.17) is 6.42 Å². The Morgan fingerprint density at radius 1 is 1.33 bits per heavy atom. The lowest BCUT2D eigenvalue weighted by molar-refractivity contribution is 0.323. The summed E-state index contributed by atoms with van der Waals surface area (Å²) in [7, 11) is 0. The molecule has 2 bridgehead atoms. The van der Waals surface area contributed by atoms with E-state index in [1.807, 2.05) is 0 Å². The predicted octanol–water partition coefficient (Wildman–Crippen LogP) is 1.65. The molecule has 1 heteroatoms. The zero-order valence-electron chi connectivity index (χ0n) is 7.55. The Morgan fingerprint density at radius 3 is 2.83 bits per heavy atom. The molecular formula is C11H17N. The topological polar surface area (TPSA) is 12.0 Å². The fraction of sp³-hybridized carbons (Fsp3) is 0.818. The molecule has 2 aliphatic rings. The molecule has 0 spiro atoms. The maximum atomic E-state index is 5.18. The molecule has 0 heterocycles. The molecule has 0 aromatic heterocycles. The van der Waals surface area contributed by atoms with E-state index in [0.29, 0.717) is 0 Å². The van der Waals surface area contributed by atoms with Gasteiger partial charge in [0.2, 0.25) is 0 Å². The third kappa shape index (κ3) is 1.49. The van der Waals surface area contributed by atoms with Crippen LogP contribution in [0, 0.1) is 30.1 Å². The highest BCUT2D eigenvalue weighted by Gasteiger charge is 2.38. The van der Waals surface area contributed by atoms with Crippen LogP contribution in [-0.2, 0) is 0 Å². The highest BCUT2D eigenvalue weighted by atomic mass is 14.9. The van der Waals surface area contributed by atoms with E-state index in [1.165, 1.54) is 25.7 Å². The Hall–Kier alpha value is -0.480. The van der Waals surface area contributed by atoms with Crippen LogP contribution in [0.3, 0.4) is 0 Å². The Morgan fingerprint density at radius 2 is 2.25 bits per heavy atom. The molecule has 3 atom stereocenters. The van der Waals surface area contributed by atoms with Crippen molar-refractivity contribution in [1.82, 2.24) is 5.32 Å². The summed E-state index contributed by atoms with van der Waals surface area (Å²) in [6, 6.07) is 0. The SMILES string of the molecule is C#CCNCC1CC2CCC1C2. The standard InChI is InChI=1S/C11H17N/c1-2-5-12-8-11-7-9-3-4-10(11)6-9/h1,9-12H,3-8H2. The fourth-order valence-electron chi connectivity index (χ4n) is 2.96. The minimum absolute atomic E-state index is 0.744. The smallest absolute Gasteiger partial charge is 0.0573 e. The largest absolute Gasteiger partial charge is 0.306 e. The third-order valence-corrected chi connectivity index (χ3v) is 3.52. The molecule has 0 saturated heterocycles. The molecule has 0 amide bonds. The van der Waals surface area contributed by atoms with Gasteiger partial charge in [-0.25, -0.2) is 0 Å². The molecular weight excluding hydrogens is 146 g/mol. The zero-order valence-corrected chi connectivity index (χ0v) is 7.55. The van der Waals surface area contributed by atoms with Crippen LogP contribution in [0.1, 0.15) is 25.7 Å². The van der Waals surface area contributed by atoms with E-state index in [9.17, 15) is 0 Å². The summed E-state index contributed by atoms with van der Waals surface area (Å²) in [6.07, 6.45) is 11.1. The number of hydrogen-bond acceptors (Lipinski definition) is 1. The summed E-state index contributed by atoms with van der Waals surface area (Å²) < 4.78 is 0. The van der Waals surface area contributed by atoms with Crippen molar-refractivity contribution in [3.63, 3.8) is 0 Å². The van der Waals surface area contributed by atoms with E-state index in [2.05, 4.69) is 11.2 Å². The Balaban J connectivity index is 1.73. The van der Waals surface area contributed by atoms with Crippen molar-refractivity contribution in [3.8, 4) is 12.3 Å². The van der Waals surface area contributed by atoms with Crippen LogP contribution < -0.4 is 5.32 Å². The van der Waals surface area contributed by atoms with Crippen LogP contribution in [0.2, 0.25) is 0 Å². The Bertz CT molecular complexity index is 192. The monoisotopic (exact) mass is 163 g/mol. The van der Waals surface area contributed by atoms with Gasteiger partial charge in [-0.2, -0.15) is 0 Å². The Kier molecular flexibility index (Phi) is 2.37. The van der Waals surface area contributed by atoms with Gasteiger partial charge in [-0.3, -0.25) is 0 Å². The molecule has 1 nitrogen and oxygen atoms in total. The fourth-order valence-corrected chi connectivity index (χ4v) is 2.96. The summed E-state index contributed by atoms with van der Waals surface area (Å²) in [5.74, 6) is 5.66. The van der Waals surface area contributed by atoms with Crippen molar-refractivity contribution in [3.05, 3.63) is 0 Å². The first-order valence-electron chi connectivity index (χ1n) is 5.04. The molecule has 1 N–H and O–H groups in total. The molecule has 2 aliphatic carbocycles. The molecule has 2 fully saturated rings. The van der Waals surface area contributed by atoms with Crippen LogP contribution in [0.4, 0.5) is 0 Å². The average molecular weight is 163 g/mol. The summed E-state index contributed by atoms with van der Waals surface area (Å²) in [5, 5.41) is 3.33. The van der Waals surface area contributed by atoms with E-state index < -0.39 is 0 Å². The lowest BCUT2D eigenvalue weighted by Gasteiger charge is -2.21. The van der Waals surface area contributed by atoms with Gasteiger partial charge in [-0.05, 0) is 43.6 Å². The van der Waals surface area contributed by atoms with Crippen LogP contribution >= 0.6 is 0 Å². The molecule has 2 saturated carbocycles. The highest BCUT2D eigenvalue weighted by molar-refractivity contribution is 4.92. The van der Waals surface area contributed by atoms with Gasteiger partial charge in [0.15, 0.2) is 0 Å². The number of terminal acetylenes is 1. The average Bonchev–Trinajstić information content (AvgIpc) is 2.65. The van der Waals surface area contributed by atoms with Crippen molar-refractivity contribution < 1.29 is 0 Å². The van der Waals surface area contributed by atoms with Gasteiger partial charge in [0, 0.05) is 0 Å². The Labute approximate surface area is 74.9 Å². The lowest BCUT2D eigenvalue weighted by Crippen LogP contribution is -2.26. The minimum atomic E-state index is 0.744. The second-order valence-corrected chi connectivity index (χ2v) is 4.27. The second kappa shape index (κ2) is 3.49.